The van der Waals surface area contributed by atoms with E-state index in [0.717, 1.165) is 16.8 Å². The molecule has 5 aromatic rings. The fraction of sp³-hybridized carbons (Fsp3) is 0.0645. The molecule has 6 nitrogen and oxygen atoms in total. The van der Waals surface area contributed by atoms with Gasteiger partial charge in [-0.2, -0.15) is 0 Å². The van der Waals surface area contributed by atoms with Gasteiger partial charge in [0.15, 0.2) is 0 Å². The molecule has 0 bridgehead atoms. The third kappa shape index (κ3) is 6.18. The van der Waals surface area contributed by atoms with Crippen LogP contribution >= 0.6 is 34.5 Å². The van der Waals surface area contributed by atoms with Gasteiger partial charge in [-0.15, -0.1) is 11.3 Å². The maximum Gasteiger partial charge on any atom is 0.511 e. The van der Waals surface area contributed by atoms with Gasteiger partial charge in [0.05, 0.1) is 21.8 Å². The number of hydrogen-bond donors (Lipinski definition) is 2. The highest BCUT2D eigenvalue weighted by Crippen LogP contribution is 2.37. The molecule has 200 valence electrons. The number of ether oxygens (including phenoxy) is 1. The Bertz CT molecular complexity index is 1690. The number of halogens is 2. The van der Waals surface area contributed by atoms with Crippen molar-refractivity contribution in [3.8, 4) is 38.7 Å². The molecule has 1 unspecified atom stereocenters. The Kier molecular flexibility index (Phi) is 8.16. The lowest BCUT2D eigenvalue weighted by atomic mass is 10.0. The zero-order chi connectivity index (χ0) is 28.2. The normalized spacial score (nSPS) is 11.6. The summed E-state index contributed by atoms with van der Waals surface area (Å²) >= 11 is 13.6. The van der Waals surface area contributed by atoms with E-state index in [-0.39, 0.29) is 17.7 Å². The highest BCUT2D eigenvalue weighted by molar-refractivity contribution is 7.13. The molecule has 0 aliphatic rings. The molecule has 0 saturated heterocycles. The van der Waals surface area contributed by atoms with E-state index in [1.54, 1.807) is 48.5 Å². The number of rotatable bonds is 7. The van der Waals surface area contributed by atoms with E-state index in [2.05, 4.69) is 10.3 Å². The molecule has 1 atom stereocenters. The Morgan fingerprint density at radius 1 is 0.875 bits per heavy atom. The van der Waals surface area contributed by atoms with E-state index in [1.165, 1.54) is 11.3 Å². The average molecular weight is 590 g/mol. The van der Waals surface area contributed by atoms with E-state index in [0.29, 0.717) is 37.3 Å². The number of benzene rings is 4. The molecule has 2 N–H and O–H groups in total. The monoisotopic (exact) mass is 588 g/mol. The first-order valence-corrected chi connectivity index (χ1v) is 13.8. The van der Waals surface area contributed by atoms with E-state index >= 15 is 0 Å². The summed E-state index contributed by atoms with van der Waals surface area (Å²) in [5.41, 5.74) is 5.00. The van der Waals surface area contributed by atoms with Gasteiger partial charge in [0.25, 0.3) is 5.91 Å². The van der Waals surface area contributed by atoms with Gasteiger partial charge >= 0.3 is 6.16 Å². The maximum absolute atomic E-state index is 12.8. The lowest BCUT2D eigenvalue weighted by Gasteiger charge is -2.15. The van der Waals surface area contributed by atoms with Crippen molar-refractivity contribution in [3.63, 3.8) is 0 Å². The van der Waals surface area contributed by atoms with Gasteiger partial charge < -0.3 is 15.2 Å². The summed E-state index contributed by atoms with van der Waals surface area (Å²) in [6.45, 7) is 1.93. The number of carbonyl (C=O) groups is 2. The highest BCUT2D eigenvalue weighted by atomic mass is 35.5. The Hall–Kier alpha value is -4.17. The largest absolute Gasteiger partial charge is 0.511 e. The Labute approximate surface area is 244 Å². The minimum Gasteiger partial charge on any atom is -0.449 e. The van der Waals surface area contributed by atoms with Crippen LogP contribution in [-0.4, -0.2) is 22.2 Å². The predicted molar refractivity (Wildman–Crippen MR) is 159 cm³/mol. The number of nitrogens with one attached hydrogen (secondary N) is 1. The van der Waals surface area contributed by atoms with Gasteiger partial charge in [-0.25, -0.2) is 9.78 Å². The SMILES string of the molecule is CC(NC(=O)c1ccc(-c2ccc(-c3nc(-c4ccc(Cl)c(Cl)c4)cs3)cc2OC(=O)O)cc1)c1ccccc1. The summed E-state index contributed by atoms with van der Waals surface area (Å²) in [5.74, 6) is -0.0481. The highest BCUT2D eigenvalue weighted by Gasteiger charge is 2.16. The molecule has 0 aliphatic heterocycles. The fourth-order valence-corrected chi connectivity index (χ4v) is 5.30. The van der Waals surface area contributed by atoms with Crippen molar-refractivity contribution in [3.05, 3.63) is 118 Å². The summed E-state index contributed by atoms with van der Waals surface area (Å²) in [7, 11) is 0. The van der Waals surface area contributed by atoms with Gasteiger partial charge in [0, 0.05) is 27.6 Å². The molecule has 0 spiro atoms. The number of carbonyl (C=O) groups excluding carboxylic acids is 1. The van der Waals surface area contributed by atoms with Crippen molar-refractivity contribution < 1.29 is 19.4 Å². The molecule has 1 amide bonds. The second kappa shape index (κ2) is 11.9. The topological polar surface area (TPSA) is 88.5 Å². The second-order valence-corrected chi connectivity index (χ2v) is 10.6. The number of thiazole rings is 1. The van der Waals surface area contributed by atoms with Crippen molar-refractivity contribution in [1.82, 2.24) is 10.3 Å². The number of nitrogens with zero attached hydrogens (tertiary/aromatic N) is 1. The molecular formula is C31H22Cl2N2O4S. The predicted octanol–water partition coefficient (Wildman–Crippen LogP) is 9.00. The van der Waals surface area contributed by atoms with Crippen LogP contribution in [-0.2, 0) is 0 Å². The zero-order valence-electron chi connectivity index (χ0n) is 21.1. The quantitative estimate of drug-likeness (QED) is 0.146. The number of amides is 1. The molecule has 9 heteroatoms. The van der Waals surface area contributed by atoms with E-state index in [4.69, 9.17) is 27.9 Å². The Balaban J connectivity index is 1.39. The van der Waals surface area contributed by atoms with E-state index in [9.17, 15) is 14.7 Å². The molecule has 0 radical (unpaired) electrons. The molecule has 0 fully saturated rings. The van der Waals surface area contributed by atoms with Crippen molar-refractivity contribution in [2.45, 2.75) is 13.0 Å². The van der Waals surface area contributed by atoms with Gasteiger partial charge in [-0.05, 0) is 54.4 Å². The molecule has 0 saturated carbocycles. The molecule has 4 aromatic carbocycles. The van der Waals surface area contributed by atoms with Gasteiger partial charge in [-0.1, -0.05) is 77.8 Å². The van der Waals surface area contributed by atoms with Crippen LogP contribution in [0.25, 0.3) is 33.0 Å². The molecular weight excluding hydrogens is 567 g/mol. The minimum atomic E-state index is -1.43. The van der Waals surface area contributed by atoms with Crippen LogP contribution in [0.3, 0.4) is 0 Å². The molecule has 5 rings (SSSR count). The maximum atomic E-state index is 12.8. The first kappa shape index (κ1) is 27.4. The van der Waals surface area contributed by atoms with Gasteiger partial charge in [0.2, 0.25) is 0 Å². The minimum absolute atomic E-state index is 0.153. The first-order chi connectivity index (χ1) is 19.3. The van der Waals surface area contributed by atoms with Crippen molar-refractivity contribution in [1.29, 1.82) is 0 Å². The van der Waals surface area contributed by atoms with E-state index in [1.807, 2.05) is 54.8 Å². The van der Waals surface area contributed by atoms with Crippen LogP contribution in [0.15, 0.2) is 96.4 Å². The van der Waals surface area contributed by atoms with Gasteiger partial charge in [0.1, 0.15) is 10.8 Å². The Morgan fingerprint density at radius 3 is 2.27 bits per heavy atom. The van der Waals surface area contributed by atoms with Crippen LogP contribution in [0.2, 0.25) is 10.0 Å². The average Bonchev–Trinajstić information content (AvgIpc) is 3.45. The summed E-state index contributed by atoms with van der Waals surface area (Å²) in [6, 6.07) is 27.0. The third-order valence-electron chi connectivity index (χ3n) is 6.25. The molecule has 1 heterocycles. The standard InChI is InChI=1S/C31H22Cl2N2O4S/c1-18(19-5-3-2-4-6-19)34-29(36)21-9-7-20(8-10-21)24-13-11-23(16-28(24)39-31(37)38)30-35-27(17-40-30)22-12-14-25(32)26(33)15-22/h2-18H,1H3,(H,34,36)(H,37,38). The van der Waals surface area contributed by atoms with Crippen LogP contribution in [0.1, 0.15) is 28.9 Å². The lowest BCUT2D eigenvalue weighted by Crippen LogP contribution is -2.26. The molecule has 40 heavy (non-hydrogen) atoms. The van der Waals surface area contributed by atoms with Crippen LogP contribution < -0.4 is 10.1 Å². The first-order valence-electron chi connectivity index (χ1n) is 12.2. The van der Waals surface area contributed by atoms with E-state index < -0.39 is 6.16 Å². The molecule has 0 aliphatic carbocycles. The third-order valence-corrected chi connectivity index (χ3v) is 7.88. The second-order valence-electron chi connectivity index (χ2n) is 8.93. The number of carboxylic acid groups (broad SMARTS) is 1. The number of aromatic nitrogens is 1. The van der Waals surface area contributed by atoms with Crippen molar-refractivity contribution in [2.24, 2.45) is 0 Å². The van der Waals surface area contributed by atoms with Gasteiger partial charge in [-0.3, -0.25) is 4.79 Å². The summed E-state index contributed by atoms with van der Waals surface area (Å²) in [4.78, 5) is 29.0. The summed E-state index contributed by atoms with van der Waals surface area (Å²) < 4.78 is 5.14. The Morgan fingerprint density at radius 2 is 1.57 bits per heavy atom. The van der Waals surface area contributed by atoms with Crippen LogP contribution in [0, 0.1) is 0 Å². The van der Waals surface area contributed by atoms with Crippen molar-refractivity contribution in [2.75, 3.05) is 0 Å². The van der Waals surface area contributed by atoms with Crippen molar-refractivity contribution >= 4 is 46.6 Å². The summed E-state index contributed by atoms with van der Waals surface area (Å²) in [5, 5.41) is 15.8. The molecule has 1 aromatic heterocycles. The summed E-state index contributed by atoms with van der Waals surface area (Å²) in [6.07, 6.45) is -1.43. The lowest BCUT2D eigenvalue weighted by molar-refractivity contribution is 0.0939. The van der Waals surface area contributed by atoms with Crippen LogP contribution in [0.5, 0.6) is 5.75 Å². The van der Waals surface area contributed by atoms with Crippen LogP contribution in [0.4, 0.5) is 4.79 Å². The zero-order valence-corrected chi connectivity index (χ0v) is 23.4. The number of hydrogen-bond acceptors (Lipinski definition) is 5. The fourth-order valence-electron chi connectivity index (χ4n) is 4.17. The smallest absolute Gasteiger partial charge is 0.449 e.